The lowest BCUT2D eigenvalue weighted by molar-refractivity contribution is -0.117. The second kappa shape index (κ2) is 8.13. The molecule has 2 aromatic carbocycles. The third-order valence-corrected chi connectivity index (χ3v) is 5.32. The van der Waals surface area contributed by atoms with Crippen LogP contribution in [0.2, 0.25) is 0 Å². The number of halogens is 2. The number of carbonyl (C=O) groups is 2. The Kier molecular flexibility index (Phi) is 5.40. The monoisotopic (exact) mass is 453 g/mol. The lowest BCUT2D eigenvalue weighted by Crippen LogP contribution is -2.32. The molecule has 146 valence electrons. The number of carbonyl (C=O) groups excluding carboxylic acids is 2. The van der Waals surface area contributed by atoms with E-state index >= 15 is 0 Å². The number of hydrogen-bond acceptors (Lipinski definition) is 3. The van der Waals surface area contributed by atoms with Crippen molar-refractivity contribution in [2.75, 3.05) is 5.32 Å². The Balaban J connectivity index is 1.59. The van der Waals surface area contributed by atoms with Gasteiger partial charge in [-0.3, -0.25) is 9.59 Å². The summed E-state index contributed by atoms with van der Waals surface area (Å²) < 4.78 is 14.2. The Labute approximate surface area is 175 Å². The largest absolute Gasteiger partial charge is 0.327 e. The van der Waals surface area contributed by atoms with E-state index in [0.29, 0.717) is 23.5 Å². The number of nitrogens with one attached hydrogen (secondary N) is 1. The van der Waals surface area contributed by atoms with Crippen LogP contribution in [0.3, 0.4) is 0 Å². The normalized spacial score (nSPS) is 13.9. The molecule has 0 fully saturated rings. The third-order valence-electron chi connectivity index (χ3n) is 4.85. The van der Waals surface area contributed by atoms with Gasteiger partial charge in [0.15, 0.2) is 0 Å². The second-order valence-corrected chi connectivity index (χ2v) is 7.69. The van der Waals surface area contributed by atoms with Gasteiger partial charge in [-0.05, 0) is 57.4 Å². The molecule has 29 heavy (non-hydrogen) atoms. The topological polar surface area (TPSA) is 62.3 Å². The number of fused-ring (bicyclic) bond motifs is 1. The molecule has 4 rings (SSSR count). The summed E-state index contributed by atoms with van der Waals surface area (Å²) in [5.41, 5.74) is 2.25. The molecular weight excluding hydrogens is 437 g/mol. The molecule has 1 aliphatic rings. The third kappa shape index (κ3) is 4.19. The van der Waals surface area contributed by atoms with E-state index in [0.717, 1.165) is 10.0 Å². The van der Waals surface area contributed by atoms with Crippen LogP contribution in [0.4, 0.5) is 10.2 Å². The molecule has 0 radical (unpaired) electrons. The maximum absolute atomic E-state index is 13.4. The first-order chi connectivity index (χ1) is 14.0. The van der Waals surface area contributed by atoms with Gasteiger partial charge in [0.2, 0.25) is 5.91 Å². The van der Waals surface area contributed by atoms with E-state index in [9.17, 15) is 14.0 Å². The van der Waals surface area contributed by atoms with Crippen molar-refractivity contribution < 1.29 is 14.0 Å². The van der Waals surface area contributed by atoms with Gasteiger partial charge in [0.25, 0.3) is 5.91 Å². The van der Waals surface area contributed by atoms with Crippen molar-refractivity contribution in [2.24, 2.45) is 0 Å². The molecule has 5 nitrogen and oxygen atoms in total. The zero-order chi connectivity index (χ0) is 20.4. The van der Waals surface area contributed by atoms with Crippen LogP contribution in [0.25, 0.3) is 0 Å². The van der Waals surface area contributed by atoms with Gasteiger partial charge in [-0.15, -0.1) is 0 Å². The molecule has 0 bridgehead atoms. The Hall–Kier alpha value is -3.06. The number of anilines is 1. The fourth-order valence-electron chi connectivity index (χ4n) is 3.44. The average Bonchev–Trinajstić information content (AvgIpc) is 3.05. The van der Waals surface area contributed by atoms with Crippen LogP contribution >= 0.6 is 15.9 Å². The molecule has 2 heterocycles. The van der Waals surface area contributed by atoms with Crippen LogP contribution in [0.15, 0.2) is 71.3 Å². The molecule has 0 aliphatic carbocycles. The Morgan fingerprint density at radius 1 is 1.14 bits per heavy atom. The van der Waals surface area contributed by atoms with E-state index in [4.69, 9.17) is 0 Å². The molecule has 1 N–H and O–H groups in total. The first kappa shape index (κ1) is 19.3. The van der Waals surface area contributed by atoms with Crippen molar-refractivity contribution in [1.82, 2.24) is 9.88 Å². The lowest BCUT2D eigenvalue weighted by Gasteiger charge is -2.28. The van der Waals surface area contributed by atoms with Crippen molar-refractivity contribution in [3.05, 3.63) is 93.8 Å². The SMILES string of the molecule is O=C(C[C@H](c1ccc(F)cc1)N1Cc2ccccc2C1=O)Nc1ccc(Br)cn1. The van der Waals surface area contributed by atoms with Gasteiger partial charge in [-0.1, -0.05) is 30.3 Å². The number of benzene rings is 2. The van der Waals surface area contributed by atoms with E-state index in [1.165, 1.54) is 12.1 Å². The van der Waals surface area contributed by atoms with Crippen molar-refractivity contribution in [3.8, 4) is 0 Å². The average molecular weight is 454 g/mol. The van der Waals surface area contributed by atoms with E-state index in [2.05, 4.69) is 26.2 Å². The first-order valence-corrected chi connectivity index (χ1v) is 9.86. The molecule has 2 amide bonds. The van der Waals surface area contributed by atoms with Gasteiger partial charge < -0.3 is 10.2 Å². The van der Waals surface area contributed by atoms with Crippen LogP contribution in [0.5, 0.6) is 0 Å². The second-order valence-electron chi connectivity index (χ2n) is 6.77. The molecule has 0 saturated heterocycles. The van der Waals surface area contributed by atoms with Crippen LogP contribution in [-0.4, -0.2) is 21.7 Å². The molecule has 1 atom stereocenters. The highest BCUT2D eigenvalue weighted by Crippen LogP contribution is 2.33. The summed E-state index contributed by atoms with van der Waals surface area (Å²) in [6.07, 6.45) is 1.62. The fraction of sp³-hybridized carbons (Fsp3) is 0.136. The smallest absolute Gasteiger partial charge is 0.255 e. The van der Waals surface area contributed by atoms with Gasteiger partial charge >= 0.3 is 0 Å². The summed E-state index contributed by atoms with van der Waals surface area (Å²) in [5.74, 6) is -0.360. The van der Waals surface area contributed by atoms with Gasteiger partial charge in [-0.2, -0.15) is 0 Å². The first-order valence-electron chi connectivity index (χ1n) is 9.07. The molecule has 7 heteroatoms. The highest BCUT2D eigenvalue weighted by Gasteiger charge is 2.34. The molecule has 1 aliphatic heterocycles. The Morgan fingerprint density at radius 2 is 1.90 bits per heavy atom. The quantitative estimate of drug-likeness (QED) is 0.608. The van der Waals surface area contributed by atoms with Crippen LogP contribution in [-0.2, 0) is 11.3 Å². The number of hydrogen-bond donors (Lipinski definition) is 1. The van der Waals surface area contributed by atoms with Gasteiger partial charge in [0.1, 0.15) is 11.6 Å². The minimum Gasteiger partial charge on any atom is -0.327 e. The van der Waals surface area contributed by atoms with Crippen molar-refractivity contribution in [3.63, 3.8) is 0 Å². The van der Waals surface area contributed by atoms with Crippen molar-refractivity contribution in [1.29, 1.82) is 0 Å². The Bertz CT molecular complexity index is 1050. The molecule has 0 spiro atoms. The van der Waals surface area contributed by atoms with Gasteiger partial charge in [0.05, 0.1) is 12.5 Å². The molecule has 0 saturated carbocycles. The predicted octanol–water partition coefficient (Wildman–Crippen LogP) is 4.71. The lowest BCUT2D eigenvalue weighted by atomic mass is 10.0. The molecule has 0 unspecified atom stereocenters. The number of nitrogens with zero attached hydrogens (tertiary/aromatic N) is 2. The summed E-state index contributed by atoms with van der Waals surface area (Å²) in [6.45, 7) is 0.404. The summed E-state index contributed by atoms with van der Waals surface area (Å²) in [5, 5.41) is 2.76. The number of pyridine rings is 1. The van der Waals surface area contributed by atoms with E-state index in [-0.39, 0.29) is 24.1 Å². The maximum atomic E-state index is 13.4. The zero-order valence-corrected chi connectivity index (χ0v) is 16.9. The molecular formula is C22H17BrFN3O2. The molecule has 1 aromatic heterocycles. The van der Waals surface area contributed by atoms with Gasteiger partial charge in [0, 0.05) is 22.8 Å². The van der Waals surface area contributed by atoms with Crippen LogP contribution in [0.1, 0.15) is 33.9 Å². The van der Waals surface area contributed by atoms with Crippen molar-refractivity contribution in [2.45, 2.75) is 19.0 Å². The summed E-state index contributed by atoms with van der Waals surface area (Å²) in [7, 11) is 0. The molecule has 3 aromatic rings. The zero-order valence-electron chi connectivity index (χ0n) is 15.3. The van der Waals surface area contributed by atoms with E-state index in [1.54, 1.807) is 41.4 Å². The predicted molar refractivity (Wildman–Crippen MR) is 111 cm³/mol. The van der Waals surface area contributed by atoms with Crippen LogP contribution in [0, 0.1) is 5.82 Å². The maximum Gasteiger partial charge on any atom is 0.255 e. The van der Waals surface area contributed by atoms with Crippen molar-refractivity contribution >= 4 is 33.6 Å². The fourth-order valence-corrected chi connectivity index (χ4v) is 3.68. The summed E-state index contributed by atoms with van der Waals surface area (Å²) in [6, 6.07) is 16.2. The van der Waals surface area contributed by atoms with Gasteiger partial charge in [-0.25, -0.2) is 9.37 Å². The van der Waals surface area contributed by atoms with E-state index in [1.807, 2.05) is 18.2 Å². The standard InChI is InChI=1S/C22H17BrFN3O2/c23-16-7-10-20(25-12-16)26-21(28)11-19(14-5-8-17(24)9-6-14)27-13-15-3-1-2-4-18(15)22(27)29/h1-10,12,19H,11,13H2,(H,25,26,28)/t19-/m1/s1. The summed E-state index contributed by atoms with van der Waals surface area (Å²) in [4.78, 5) is 31.5. The van der Waals surface area contributed by atoms with E-state index < -0.39 is 6.04 Å². The minimum absolute atomic E-state index is 0.0309. The highest BCUT2D eigenvalue weighted by molar-refractivity contribution is 9.10. The summed E-state index contributed by atoms with van der Waals surface area (Å²) >= 11 is 3.30. The highest BCUT2D eigenvalue weighted by atomic mass is 79.9. The number of amides is 2. The Morgan fingerprint density at radius 3 is 2.59 bits per heavy atom. The number of aromatic nitrogens is 1. The van der Waals surface area contributed by atoms with Crippen LogP contribution < -0.4 is 5.32 Å². The minimum atomic E-state index is -0.522. The number of rotatable bonds is 5.